The molecule has 9 heteroatoms. The van der Waals surface area contributed by atoms with Crippen molar-refractivity contribution in [2.24, 2.45) is 11.3 Å². The zero-order chi connectivity index (χ0) is 24.0. The third-order valence-electron chi connectivity index (χ3n) is 7.73. The van der Waals surface area contributed by atoms with Gasteiger partial charge in [0.25, 0.3) is 0 Å². The first-order chi connectivity index (χ1) is 15.5. The van der Waals surface area contributed by atoms with Gasteiger partial charge in [0.15, 0.2) is 0 Å². The second-order valence-electron chi connectivity index (χ2n) is 10.1. The second-order valence-corrected chi connectivity index (χ2v) is 10.1. The number of hydrogen-bond acceptors (Lipinski definition) is 5. The lowest BCUT2D eigenvalue weighted by molar-refractivity contribution is -0.148. The molecule has 33 heavy (non-hydrogen) atoms. The molecule has 0 aromatic heterocycles. The molecule has 0 radical (unpaired) electrons. The first-order valence-electron chi connectivity index (χ1n) is 11.7. The van der Waals surface area contributed by atoms with Crippen LogP contribution in [-0.2, 0) is 22.3 Å². The van der Waals surface area contributed by atoms with Gasteiger partial charge in [0.05, 0.1) is 36.3 Å². The lowest BCUT2D eigenvalue weighted by Gasteiger charge is -2.41. The Labute approximate surface area is 192 Å². The van der Waals surface area contributed by atoms with E-state index in [0.29, 0.717) is 43.6 Å². The van der Waals surface area contributed by atoms with Gasteiger partial charge in [-0.1, -0.05) is 19.9 Å². The van der Waals surface area contributed by atoms with Crippen molar-refractivity contribution in [3.8, 4) is 0 Å². The minimum Gasteiger partial charge on any atom is -0.389 e. The van der Waals surface area contributed by atoms with E-state index >= 15 is 0 Å². The van der Waals surface area contributed by atoms with Gasteiger partial charge in [0.2, 0.25) is 5.91 Å². The summed E-state index contributed by atoms with van der Waals surface area (Å²) in [5, 5.41) is 24.3. The largest absolute Gasteiger partial charge is 0.416 e. The van der Waals surface area contributed by atoms with E-state index in [1.165, 1.54) is 11.0 Å². The normalized spacial score (nSPS) is 32.8. The Morgan fingerprint density at radius 2 is 2.03 bits per heavy atom. The number of nitrogens with one attached hydrogen (secondary N) is 1. The first-order valence-corrected chi connectivity index (χ1v) is 11.7. The van der Waals surface area contributed by atoms with Gasteiger partial charge in [-0.05, 0) is 54.9 Å². The quantitative estimate of drug-likeness (QED) is 0.630. The Bertz CT molecular complexity index is 878. The Kier molecular flexibility index (Phi) is 6.79. The van der Waals surface area contributed by atoms with E-state index in [1.807, 2.05) is 13.8 Å². The number of carbonyl (C=O) groups excluding carboxylic acids is 1. The molecule has 1 saturated heterocycles. The van der Waals surface area contributed by atoms with Gasteiger partial charge in [0.1, 0.15) is 0 Å². The van der Waals surface area contributed by atoms with Crippen LogP contribution >= 0.6 is 0 Å². The van der Waals surface area contributed by atoms with Crippen LogP contribution in [0, 0.1) is 11.3 Å². The summed E-state index contributed by atoms with van der Waals surface area (Å²) in [5.41, 5.74) is -0.646. The van der Waals surface area contributed by atoms with Crippen LogP contribution in [0.1, 0.15) is 62.3 Å². The number of nitrogens with zero attached hydrogens (tertiary/aromatic N) is 1. The molecule has 2 aliphatic heterocycles. The average molecular weight is 471 g/mol. The number of ether oxygens (including phenoxy) is 1. The number of benzene rings is 1. The molecule has 6 nitrogen and oxygen atoms in total. The first kappa shape index (κ1) is 24.4. The SMILES string of the molecule is CC(C)[C@]1(C(=O)N2Cc3cc(C(F)(F)F)ccc3[C@@H](O)C2)CC[C@@H](NC2CCOC[C@H]2O)C1. The maximum atomic E-state index is 13.8. The Morgan fingerprint density at radius 3 is 2.70 bits per heavy atom. The number of fused-ring (bicyclic) bond motifs is 1. The number of halogens is 3. The molecule has 4 rings (SSSR count). The minimum absolute atomic E-state index is 0.0245. The maximum absolute atomic E-state index is 13.8. The van der Waals surface area contributed by atoms with Crippen molar-refractivity contribution in [2.75, 3.05) is 19.8 Å². The van der Waals surface area contributed by atoms with Gasteiger partial charge >= 0.3 is 6.18 Å². The molecule has 1 saturated carbocycles. The zero-order valence-corrected chi connectivity index (χ0v) is 19.1. The highest BCUT2D eigenvalue weighted by molar-refractivity contribution is 5.84. The highest BCUT2D eigenvalue weighted by Gasteiger charge is 2.50. The summed E-state index contributed by atoms with van der Waals surface area (Å²) in [6, 6.07) is 3.33. The van der Waals surface area contributed by atoms with Gasteiger partial charge in [-0.2, -0.15) is 13.2 Å². The fraction of sp³-hybridized carbons (Fsp3) is 0.708. The van der Waals surface area contributed by atoms with Crippen LogP contribution in [0.4, 0.5) is 13.2 Å². The molecule has 1 amide bonds. The van der Waals surface area contributed by atoms with E-state index in [9.17, 15) is 28.2 Å². The van der Waals surface area contributed by atoms with Gasteiger partial charge in [-0.15, -0.1) is 0 Å². The molecule has 1 aromatic rings. The number of amides is 1. The molecule has 3 aliphatic rings. The molecule has 184 valence electrons. The highest BCUT2D eigenvalue weighted by Crippen LogP contribution is 2.47. The Hall–Kier alpha value is -1.68. The summed E-state index contributed by atoms with van der Waals surface area (Å²) in [4.78, 5) is 15.3. The highest BCUT2D eigenvalue weighted by atomic mass is 19.4. The van der Waals surface area contributed by atoms with Crippen LogP contribution in [0.2, 0.25) is 0 Å². The topological polar surface area (TPSA) is 82.0 Å². The third kappa shape index (κ3) is 4.78. The Balaban J connectivity index is 1.52. The number of aliphatic hydroxyl groups is 2. The number of aliphatic hydroxyl groups excluding tert-OH is 2. The Morgan fingerprint density at radius 1 is 1.27 bits per heavy atom. The van der Waals surface area contributed by atoms with Crippen molar-refractivity contribution in [1.29, 1.82) is 0 Å². The van der Waals surface area contributed by atoms with Gasteiger partial charge in [-0.3, -0.25) is 4.79 Å². The van der Waals surface area contributed by atoms with E-state index in [1.54, 1.807) is 0 Å². The predicted molar refractivity (Wildman–Crippen MR) is 115 cm³/mol. The van der Waals surface area contributed by atoms with Crippen molar-refractivity contribution in [3.63, 3.8) is 0 Å². The van der Waals surface area contributed by atoms with Gasteiger partial charge < -0.3 is 25.2 Å². The maximum Gasteiger partial charge on any atom is 0.416 e. The van der Waals surface area contributed by atoms with Crippen molar-refractivity contribution in [1.82, 2.24) is 10.2 Å². The average Bonchev–Trinajstić information content (AvgIpc) is 3.19. The molecular weight excluding hydrogens is 437 g/mol. The van der Waals surface area contributed by atoms with E-state index < -0.39 is 29.4 Å². The molecule has 3 N–H and O–H groups in total. The van der Waals surface area contributed by atoms with Crippen LogP contribution in [0.25, 0.3) is 0 Å². The van der Waals surface area contributed by atoms with E-state index in [2.05, 4.69) is 5.32 Å². The summed E-state index contributed by atoms with van der Waals surface area (Å²) in [7, 11) is 0. The van der Waals surface area contributed by atoms with Gasteiger partial charge in [-0.25, -0.2) is 0 Å². The summed E-state index contributed by atoms with van der Waals surface area (Å²) < 4.78 is 44.9. The molecule has 1 unspecified atom stereocenters. The molecule has 2 fully saturated rings. The van der Waals surface area contributed by atoms with Gasteiger partial charge in [0, 0.05) is 25.2 Å². The van der Waals surface area contributed by atoms with Crippen molar-refractivity contribution in [2.45, 2.75) is 76.5 Å². The van der Waals surface area contributed by atoms with Crippen LogP contribution < -0.4 is 5.32 Å². The second kappa shape index (κ2) is 9.17. The molecule has 0 bridgehead atoms. The third-order valence-corrected chi connectivity index (χ3v) is 7.73. The smallest absolute Gasteiger partial charge is 0.389 e. The molecule has 1 aliphatic carbocycles. The van der Waals surface area contributed by atoms with Crippen LogP contribution in [0.5, 0.6) is 0 Å². The lowest BCUT2D eigenvalue weighted by Crippen LogP contribution is -2.51. The summed E-state index contributed by atoms with van der Waals surface area (Å²) in [6.07, 6.45) is -3.35. The molecule has 5 atom stereocenters. The van der Waals surface area contributed by atoms with Crippen LogP contribution in [0.15, 0.2) is 18.2 Å². The lowest BCUT2D eigenvalue weighted by atomic mass is 9.73. The monoisotopic (exact) mass is 470 g/mol. The fourth-order valence-corrected chi connectivity index (χ4v) is 5.69. The molecule has 1 aromatic carbocycles. The van der Waals surface area contributed by atoms with E-state index in [-0.39, 0.29) is 37.0 Å². The van der Waals surface area contributed by atoms with Crippen LogP contribution in [-0.4, -0.2) is 59.0 Å². The summed E-state index contributed by atoms with van der Waals surface area (Å²) in [5.74, 6) is -0.0899. The van der Waals surface area contributed by atoms with E-state index in [4.69, 9.17) is 4.74 Å². The summed E-state index contributed by atoms with van der Waals surface area (Å²) in [6.45, 7) is 5.01. The summed E-state index contributed by atoms with van der Waals surface area (Å²) >= 11 is 0. The molecule has 2 heterocycles. The van der Waals surface area contributed by atoms with Crippen LogP contribution in [0.3, 0.4) is 0 Å². The number of β-amino-alcohol motifs (C(OH)–C–C–N with tert-alkyl or cyclic N) is 1. The number of carbonyl (C=O) groups is 1. The number of rotatable bonds is 4. The standard InChI is InChI=1S/C24H33F3N2O4/c1-14(2)23(7-5-17(10-23)28-19-6-8-33-13-21(19)31)22(32)29-11-15-9-16(24(25,26)27)3-4-18(15)20(30)12-29/h3-4,9,14,17,19-21,28,30-31H,5-8,10-13H2,1-2H3/t17-,19?,20+,21-,23+/m1/s1. The van der Waals surface area contributed by atoms with Crippen molar-refractivity contribution in [3.05, 3.63) is 34.9 Å². The van der Waals surface area contributed by atoms with Crippen molar-refractivity contribution >= 4 is 5.91 Å². The fourth-order valence-electron chi connectivity index (χ4n) is 5.69. The predicted octanol–water partition coefficient (Wildman–Crippen LogP) is 3.02. The zero-order valence-electron chi connectivity index (χ0n) is 19.1. The van der Waals surface area contributed by atoms with E-state index in [0.717, 1.165) is 18.6 Å². The number of hydrogen-bond donors (Lipinski definition) is 3. The number of alkyl halides is 3. The van der Waals surface area contributed by atoms with Crippen molar-refractivity contribution < 1.29 is 32.9 Å². The molecular formula is C24H33F3N2O4. The molecule has 0 spiro atoms. The minimum atomic E-state index is -4.48.